The first kappa shape index (κ1) is 22.3. The first-order valence-corrected chi connectivity index (χ1v) is 12.4. The molecule has 1 aromatic heterocycles. The lowest BCUT2D eigenvalue weighted by atomic mass is 9.91. The Kier molecular flexibility index (Phi) is 6.09. The molecular weight excluding hydrogens is 442 g/mol. The van der Waals surface area contributed by atoms with Crippen LogP contribution in [0.5, 0.6) is 0 Å². The molecule has 6 rings (SSSR count). The van der Waals surface area contributed by atoms with Gasteiger partial charge in [-0.05, 0) is 70.6 Å². The van der Waals surface area contributed by atoms with E-state index in [2.05, 4.69) is 77.4 Å². The molecule has 0 saturated carbocycles. The van der Waals surface area contributed by atoms with Crippen molar-refractivity contribution in [2.24, 2.45) is 0 Å². The maximum Gasteiger partial charge on any atom is 0.134 e. The molecule has 176 valence electrons. The molecule has 36 heavy (non-hydrogen) atoms. The lowest BCUT2D eigenvalue weighted by Gasteiger charge is -2.13. The predicted molar refractivity (Wildman–Crippen MR) is 145 cm³/mol. The second-order valence-corrected chi connectivity index (χ2v) is 9.36. The Morgan fingerprint density at radius 3 is 2.19 bits per heavy atom. The van der Waals surface area contributed by atoms with Crippen LogP contribution in [0.2, 0.25) is 0 Å². The van der Waals surface area contributed by atoms with Crippen molar-refractivity contribution in [3.8, 4) is 39.4 Å². The molecule has 0 radical (unpaired) electrons. The zero-order chi connectivity index (χ0) is 24.3. The normalized spacial score (nSPS) is 15.2. The summed E-state index contributed by atoms with van der Waals surface area (Å²) in [6.07, 6.45) is 3.03. The third-order valence-corrected chi connectivity index (χ3v) is 7.06. The number of hydrogen-bond donors (Lipinski definition) is 2. The highest BCUT2D eigenvalue weighted by Crippen LogP contribution is 2.38. The standard InChI is InChI=1S/C32H27N3O/c33-18-22-6-8-25(9-7-22)29-16-31-27(19-35-28-14-15-34-20-28)21-36-32(31)17-30(29)26-12-10-24(11-13-26)23-4-2-1-3-5-23/h1-13,16-17,21,28,34-35H,14-15,19-20H2. The molecule has 0 bridgehead atoms. The van der Waals surface area contributed by atoms with Crippen molar-refractivity contribution in [3.05, 3.63) is 108 Å². The van der Waals surface area contributed by atoms with Gasteiger partial charge in [0.1, 0.15) is 5.58 Å². The van der Waals surface area contributed by atoms with Crippen molar-refractivity contribution in [2.45, 2.75) is 19.0 Å². The predicted octanol–water partition coefficient (Wildman–Crippen LogP) is 6.76. The van der Waals surface area contributed by atoms with Crippen molar-refractivity contribution < 1.29 is 4.42 Å². The summed E-state index contributed by atoms with van der Waals surface area (Å²) >= 11 is 0. The van der Waals surface area contributed by atoms with E-state index in [1.54, 1.807) is 0 Å². The average Bonchev–Trinajstić information content (AvgIpc) is 3.61. The highest BCUT2D eigenvalue weighted by atomic mass is 16.3. The number of rotatable bonds is 6. The highest BCUT2D eigenvalue weighted by molar-refractivity contribution is 5.96. The maximum absolute atomic E-state index is 9.28. The van der Waals surface area contributed by atoms with E-state index in [1.807, 2.05) is 36.6 Å². The van der Waals surface area contributed by atoms with Gasteiger partial charge in [0.05, 0.1) is 17.9 Å². The fourth-order valence-electron chi connectivity index (χ4n) is 5.02. The van der Waals surface area contributed by atoms with E-state index < -0.39 is 0 Å². The molecule has 0 spiro atoms. The molecule has 1 aliphatic heterocycles. The number of nitrogens with one attached hydrogen (secondary N) is 2. The minimum Gasteiger partial charge on any atom is -0.464 e. The van der Waals surface area contributed by atoms with Crippen LogP contribution in [-0.4, -0.2) is 19.1 Å². The number of hydrogen-bond acceptors (Lipinski definition) is 4. The van der Waals surface area contributed by atoms with E-state index in [-0.39, 0.29) is 0 Å². The van der Waals surface area contributed by atoms with Crippen LogP contribution in [0.15, 0.2) is 102 Å². The smallest absolute Gasteiger partial charge is 0.134 e. The van der Waals surface area contributed by atoms with Crippen molar-refractivity contribution in [1.82, 2.24) is 10.6 Å². The van der Waals surface area contributed by atoms with E-state index in [9.17, 15) is 5.26 Å². The summed E-state index contributed by atoms with van der Waals surface area (Å²) < 4.78 is 6.05. The van der Waals surface area contributed by atoms with Crippen LogP contribution in [-0.2, 0) is 6.54 Å². The lowest BCUT2D eigenvalue weighted by Crippen LogP contribution is -2.30. The Hall–Kier alpha value is -4.17. The molecule has 1 aliphatic rings. The Balaban J connectivity index is 1.42. The topological polar surface area (TPSA) is 61.0 Å². The minimum atomic E-state index is 0.496. The molecule has 2 heterocycles. The second kappa shape index (κ2) is 9.83. The number of benzene rings is 4. The van der Waals surface area contributed by atoms with Crippen LogP contribution in [0.4, 0.5) is 0 Å². The quantitative estimate of drug-likeness (QED) is 0.289. The van der Waals surface area contributed by atoms with Gasteiger partial charge in [-0.2, -0.15) is 5.26 Å². The summed E-state index contributed by atoms with van der Waals surface area (Å²) in [5.41, 5.74) is 9.55. The van der Waals surface area contributed by atoms with Crippen molar-refractivity contribution in [1.29, 1.82) is 5.26 Å². The molecule has 1 atom stereocenters. The van der Waals surface area contributed by atoms with Crippen LogP contribution < -0.4 is 10.6 Å². The molecular formula is C32H27N3O. The molecule has 1 fully saturated rings. The van der Waals surface area contributed by atoms with Gasteiger partial charge in [0.15, 0.2) is 0 Å². The average molecular weight is 470 g/mol. The fraction of sp³-hybridized carbons (Fsp3) is 0.156. The molecule has 1 saturated heterocycles. The summed E-state index contributed by atoms with van der Waals surface area (Å²) in [5, 5.41) is 17.5. The Morgan fingerprint density at radius 1 is 0.833 bits per heavy atom. The van der Waals surface area contributed by atoms with Gasteiger partial charge < -0.3 is 15.1 Å². The number of fused-ring (bicyclic) bond motifs is 1. The van der Waals surface area contributed by atoms with Crippen LogP contribution in [0.3, 0.4) is 0 Å². The Labute approximate surface area is 211 Å². The molecule has 4 aromatic carbocycles. The molecule has 2 N–H and O–H groups in total. The fourth-order valence-corrected chi connectivity index (χ4v) is 5.02. The first-order chi connectivity index (χ1) is 17.8. The monoisotopic (exact) mass is 469 g/mol. The largest absolute Gasteiger partial charge is 0.464 e. The molecule has 0 amide bonds. The van der Waals surface area contributed by atoms with Crippen LogP contribution in [0.1, 0.15) is 17.5 Å². The zero-order valence-corrected chi connectivity index (χ0v) is 20.0. The molecule has 0 aliphatic carbocycles. The summed E-state index contributed by atoms with van der Waals surface area (Å²) in [5.74, 6) is 0. The molecule has 1 unspecified atom stereocenters. The SMILES string of the molecule is N#Cc1ccc(-c2cc3c(CNC4CCNC4)coc3cc2-c2ccc(-c3ccccc3)cc2)cc1. The first-order valence-electron chi connectivity index (χ1n) is 12.4. The molecule has 5 aromatic rings. The van der Waals surface area contributed by atoms with Crippen LogP contribution >= 0.6 is 0 Å². The van der Waals surface area contributed by atoms with Gasteiger partial charge in [-0.3, -0.25) is 0 Å². The highest BCUT2D eigenvalue weighted by Gasteiger charge is 2.17. The molecule has 4 nitrogen and oxygen atoms in total. The summed E-state index contributed by atoms with van der Waals surface area (Å²) in [6.45, 7) is 2.85. The van der Waals surface area contributed by atoms with Crippen molar-refractivity contribution in [3.63, 3.8) is 0 Å². The lowest BCUT2D eigenvalue weighted by molar-refractivity contribution is 0.541. The third-order valence-electron chi connectivity index (χ3n) is 7.06. The maximum atomic E-state index is 9.28. The van der Waals surface area contributed by atoms with Gasteiger partial charge in [0.25, 0.3) is 0 Å². The summed E-state index contributed by atoms with van der Waals surface area (Å²) in [4.78, 5) is 0. The van der Waals surface area contributed by atoms with Gasteiger partial charge in [-0.25, -0.2) is 0 Å². The van der Waals surface area contributed by atoms with Crippen LogP contribution in [0, 0.1) is 11.3 Å². The van der Waals surface area contributed by atoms with Gasteiger partial charge in [0, 0.05) is 30.1 Å². The van der Waals surface area contributed by atoms with Gasteiger partial charge in [0.2, 0.25) is 0 Å². The Bertz CT molecular complexity index is 1520. The number of nitrogens with zero attached hydrogens (tertiary/aromatic N) is 1. The van der Waals surface area contributed by atoms with E-state index in [1.165, 1.54) is 11.1 Å². The van der Waals surface area contributed by atoms with Gasteiger partial charge >= 0.3 is 0 Å². The van der Waals surface area contributed by atoms with E-state index in [0.717, 1.165) is 64.8 Å². The van der Waals surface area contributed by atoms with Crippen molar-refractivity contribution in [2.75, 3.05) is 13.1 Å². The van der Waals surface area contributed by atoms with Crippen molar-refractivity contribution >= 4 is 11.0 Å². The van der Waals surface area contributed by atoms with Gasteiger partial charge in [-0.1, -0.05) is 66.7 Å². The summed E-state index contributed by atoms with van der Waals surface area (Å²) in [6, 6.07) is 34.1. The Morgan fingerprint density at radius 2 is 1.50 bits per heavy atom. The van der Waals surface area contributed by atoms with Gasteiger partial charge in [-0.15, -0.1) is 0 Å². The second-order valence-electron chi connectivity index (χ2n) is 9.36. The number of furan rings is 1. The molecule has 4 heteroatoms. The van der Waals surface area contributed by atoms with E-state index >= 15 is 0 Å². The number of nitriles is 1. The zero-order valence-electron chi connectivity index (χ0n) is 20.0. The third kappa shape index (κ3) is 4.43. The summed E-state index contributed by atoms with van der Waals surface area (Å²) in [7, 11) is 0. The van der Waals surface area contributed by atoms with E-state index in [0.29, 0.717) is 11.6 Å². The minimum absolute atomic E-state index is 0.496. The van der Waals surface area contributed by atoms with E-state index in [4.69, 9.17) is 4.42 Å². The van der Waals surface area contributed by atoms with Crippen LogP contribution in [0.25, 0.3) is 44.3 Å².